The van der Waals surface area contributed by atoms with Gasteiger partial charge in [-0.1, -0.05) is 25.1 Å². The first-order valence-electron chi connectivity index (χ1n) is 9.65. The zero-order chi connectivity index (χ0) is 23.1. The number of hydrogen-bond acceptors (Lipinski definition) is 5. The van der Waals surface area contributed by atoms with Gasteiger partial charge in [-0.25, -0.2) is 17.5 Å². The highest BCUT2D eigenvalue weighted by atomic mass is 32.2. The van der Waals surface area contributed by atoms with E-state index in [1.807, 2.05) is 6.07 Å². The van der Waals surface area contributed by atoms with E-state index in [1.54, 1.807) is 49.4 Å². The molecule has 0 unspecified atom stereocenters. The molecule has 3 rings (SSSR count). The number of sulfonamides is 1. The molecule has 0 radical (unpaired) electrons. The second-order valence-electron chi connectivity index (χ2n) is 6.73. The molecule has 1 amide bonds. The SMILES string of the molecule is CCNS(=O)(=O)c1ccc(F)c(C(=O)Nc2cccc(OCc3cccc(C#N)c3)c2)c1. The van der Waals surface area contributed by atoms with E-state index in [2.05, 4.69) is 16.1 Å². The highest BCUT2D eigenvalue weighted by molar-refractivity contribution is 7.89. The van der Waals surface area contributed by atoms with Crippen LogP contribution in [0, 0.1) is 17.1 Å². The minimum atomic E-state index is -3.84. The van der Waals surface area contributed by atoms with Crippen molar-refractivity contribution in [1.82, 2.24) is 4.72 Å². The highest BCUT2D eigenvalue weighted by Gasteiger charge is 2.19. The number of anilines is 1. The Hall–Kier alpha value is -3.74. The van der Waals surface area contributed by atoms with Gasteiger partial charge < -0.3 is 10.1 Å². The molecule has 9 heteroatoms. The molecule has 0 aromatic heterocycles. The van der Waals surface area contributed by atoms with Crippen molar-refractivity contribution in [2.45, 2.75) is 18.4 Å². The van der Waals surface area contributed by atoms with Gasteiger partial charge in [-0.05, 0) is 48.0 Å². The van der Waals surface area contributed by atoms with E-state index in [0.717, 1.165) is 23.8 Å². The Morgan fingerprint density at radius 2 is 1.88 bits per heavy atom. The van der Waals surface area contributed by atoms with Crippen molar-refractivity contribution in [3.05, 3.63) is 89.2 Å². The fourth-order valence-corrected chi connectivity index (χ4v) is 3.95. The lowest BCUT2D eigenvalue weighted by molar-refractivity contribution is 0.102. The van der Waals surface area contributed by atoms with E-state index in [9.17, 15) is 17.6 Å². The summed E-state index contributed by atoms with van der Waals surface area (Å²) in [7, 11) is -3.84. The predicted octanol–water partition coefficient (Wildman–Crippen LogP) is 3.83. The van der Waals surface area contributed by atoms with E-state index in [4.69, 9.17) is 10.00 Å². The molecule has 0 fully saturated rings. The minimum absolute atomic E-state index is 0.162. The molecule has 0 aliphatic carbocycles. The molecule has 3 aromatic carbocycles. The van der Waals surface area contributed by atoms with Gasteiger partial charge >= 0.3 is 0 Å². The number of nitriles is 1. The smallest absolute Gasteiger partial charge is 0.258 e. The van der Waals surface area contributed by atoms with E-state index in [1.165, 1.54) is 0 Å². The van der Waals surface area contributed by atoms with Crippen LogP contribution >= 0.6 is 0 Å². The van der Waals surface area contributed by atoms with Crippen LogP contribution in [0.1, 0.15) is 28.4 Å². The normalized spacial score (nSPS) is 10.9. The van der Waals surface area contributed by atoms with Crippen LogP contribution in [0.3, 0.4) is 0 Å². The van der Waals surface area contributed by atoms with Crippen molar-refractivity contribution in [3.8, 4) is 11.8 Å². The third-order valence-corrected chi connectivity index (χ3v) is 5.92. The number of ether oxygens (including phenoxy) is 1. The zero-order valence-corrected chi connectivity index (χ0v) is 17.9. The van der Waals surface area contributed by atoms with Gasteiger partial charge in [0.2, 0.25) is 10.0 Å². The molecule has 0 saturated carbocycles. The van der Waals surface area contributed by atoms with Crippen molar-refractivity contribution >= 4 is 21.6 Å². The van der Waals surface area contributed by atoms with Gasteiger partial charge in [0.05, 0.1) is 22.1 Å². The molecule has 32 heavy (non-hydrogen) atoms. The summed E-state index contributed by atoms with van der Waals surface area (Å²) in [5, 5.41) is 11.5. The third kappa shape index (κ3) is 5.69. The summed E-state index contributed by atoms with van der Waals surface area (Å²) in [5.74, 6) is -1.19. The van der Waals surface area contributed by atoms with Gasteiger partial charge in [0, 0.05) is 18.3 Å². The van der Waals surface area contributed by atoms with Gasteiger partial charge in [0.25, 0.3) is 5.91 Å². The summed E-state index contributed by atoms with van der Waals surface area (Å²) in [6.45, 7) is 1.99. The van der Waals surface area contributed by atoms with Crippen molar-refractivity contribution in [2.24, 2.45) is 0 Å². The van der Waals surface area contributed by atoms with Gasteiger partial charge in [0.15, 0.2) is 0 Å². The van der Waals surface area contributed by atoms with Crippen molar-refractivity contribution in [2.75, 3.05) is 11.9 Å². The Bertz CT molecular complexity index is 1290. The van der Waals surface area contributed by atoms with Crippen molar-refractivity contribution < 1.29 is 22.3 Å². The summed E-state index contributed by atoms with van der Waals surface area (Å²) in [4.78, 5) is 12.4. The van der Waals surface area contributed by atoms with E-state index in [-0.39, 0.29) is 18.0 Å². The van der Waals surface area contributed by atoms with Crippen molar-refractivity contribution in [1.29, 1.82) is 5.26 Å². The molecule has 3 aromatic rings. The average Bonchev–Trinajstić information content (AvgIpc) is 2.78. The number of halogens is 1. The number of carbonyl (C=O) groups is 1. The maximum atomic E-state index is 14.2. The van der Waals surface area contributed by atoms with Gasteiger partial charge in [-0.3, -0.25) is 4.79 Å². The molecule has 164 valence electrons. The second-order valence-corrected chi connectivity index (χ2v) is 8.49. The second kappa shape index (κ2) is 10.0. The Morgan fingerprint density at radius 3 is 2.62 bits per heavy atom. The number of hydrogen-bond donors (Lipinski definition) is 2. The highest BCUT2D eigenvalue weighted by Crippen LogP contribution is 2.21. The maximum Gasteiger partial charge on any atom is 0.258 e. The Kier molecular flexibility index (Phi) is 7.20. The number of nitrogens with zero attached hydrogens (tertiary/aromatic N) is 1. The molecule has 0 spiro atoms. The van der Waals surface area contributed by atoms with E-state index in [0.29, 0.717) is 17.0 Å². The first-order valence-corrected chi connectivity index (χ1v) is 11.1. The first kappa shape index (κ1) is 22.9. The molecular formula is C23H20FN3O4S. The Balaban J connectivity index is 1.74. The summed E-state index contributed by atoms with van der Waals surface area (Å²) < 4.78 is 46.5. The molecule has 2 N–H and O–H groups in total. The van der Waals surface area contributed by atoms with Crippen LogP contribution in [0.15, 0.2) is 71.6 Å². The fourth-order valence-electron chi connectivity index (χ4n) is 2.88. The monoisotopic (exact) mass is 453 g/mol. The minimum Gasteiger partial charge on any atom is -0.489 e. The lowest BCUT2D eigenvalue weighted by atomic mass is 10.1. The van der Waals surface area contributed by atoms with E-state index >= 15 is 0 Å². The van der Waals surface area contributed by atoms with Gasteiger partial charge in [-0.15, -0.1) is 0 Å². The van der Waals surface area contributed by atoms with E-state index < -0.39 is 27.3 Å². The predicted molar refractivity (Wildman–Crippen MR) is 117 cm³/mol. The number of benzene rings is 3. The molecule has 0 bridgehead atoms. The zero-order valence-electron chi connectivity index (χ0n) is 17.1. The number of carbonyl (C=O) groups excluding carboxylic acids is 1. The molecular weight excluding hydrogens is 433 g/mol. The van der Waals surface area contributed by atoms with Crippen LogP contribution in [0.2, 0.25) is 0 Å². The van der Waals surface area contributed by atoms with Gasteiger partial charge in [-0.2, -0.15) is 5.26 Å². The van der Waals surface area contributed by atoms with Gasteiger partial charge in [0.1, 0.15) is 18.2 Å². The molecule has 0 aliphatic heterocycles. The quantitative estimate of drug-likeness (QED) is 0.539. The summed E-state index contributed by atoms with van der Waals surface area (Å²) in [6, 6.07) is 18.6. The fraction of sp³-hybridized carbons (Fsp3) is 0.130. The van der Waals surface area contributed by atoms with Crippen LogP contribution in [-0.4, -0.2) is 20.9 Å². The molecule has 0 aliphatic rings. The average molecular weight is 453 g/mol. The molecule has 0 heterocycles. The summed E-state index contributed by atoms with van der Waals surface area (Å²) in [5.41, 5.74) is 1.27. The topological polar surface area (TPSA) is 108 Å². The Labute approximate surface area is 185 Å². The largest absolute Gasteiger partial charge is 0.489 e. The number of rotatable bonds is 8. The molecule has 0 atom stereocenters. The number of nitrogens with one attached hydrogen (secondary N) is 2. The lowest BCUT2D eigenvalue weighted by Crippen LogP contribution is -2.24. The summed E-state index contributed by atoms with van der Waals surface area (Å²) in [6.07, 6.45) is 0. The van der Waals surface area contributed by atoms with Crippen LogP contribution in [-0.2, 0) is 16.6 Å². The van der Waals surface area contributed by atoms with Crippen molar-refractivity contribution in [3.63, 3.8) is 0 Å². The van der Waals surface area contributed by atoms with Crippen LogP contribution in [0.25, 0.3) is 0 Å². The molecule has 7 nitrogen and oxygen atoms in total. The third-order valence-electron chi connectivity index (χ3n) is 4.38. The summed E-state index contributed by atoms with van der Waals surface area (Å²) >= 11 is 0. The first-order chi connectivity index (χ1) is 15.3. The van der Waals surface area contributed by atoms with Crippen LogP contribution in [0.4, 0.5) is 10.1 Å². The van der Waals surface area contributed by atoms with Crippen LogP contribution in [0.5, 0.6) is 5.75 Å². The standard InChI is InChI=1S/C23H20FN3O4S/c1-2-26-32(29,30)20-9-10-22(24)21(13-20)23(28)27-18-7-4-8-19(12-18)31-15-17-6-3-5-16(11-17)14-25/h3-13,26H,2,15H2,1H3,(H,27,28). The number of amides is 1. The molecule has 0 saturated heterocycles. The Morgan fingerprint density at radius 1 is 1.09 bits per heavy atom. The van der Waals surface area contributed by atoms with Crippen LogP contribution < -0.4 is 14.8 Å². The maximum absolute atomic E-state index is 14.2. The lowest BCUT2D eigenvalue weighted by Gasteiger charge is -2.11.